The van der Waals surface area contributed by atoms with E-state index in [0.29, 0.717) is 17.4 Å². The fraction of sp³-hybridized carbons (Fsp3) is 0.200. The van der Waals surface area contributed by atoms with Crippen molar-refractivity contribution in [2.45, 2.75) is 20.8 Å². The highest BCUT2D eigenvalue weighted by Gasteiger charge is 2.16. The van der Waals surface area contributed by atoms with Crippen LogP contribution in [0.5, 0.6) is 0 Å². The SMILES string of the molecule is Cc1csc(-c2nc(-c3cc(C)c(Br)c(C)c3)no2)c1N. The van der Waals surface area contributed by atoms with Gasteiger partial charge in [0.05, 0.1) is 5.69 Å². The third-order valence-electron chi connectivity index (χ3n) is 3.34. The molecule has 0 spiro atoms. The van der Waals surface area contributed by atoms with Crippen LogP contribution in [0, 0.1) is 20.8 Å². The third-order valence-corrected chi connectivity index (χ3v) is 5.69. The topological polar surface area (TPSA) is 64.9 Å². The molecule has 21 heavy (non-hydrogen) atoms. The minimum atomic E-state index is 0.471. The summed E-state index contributed by atoms with van der Waals surface area (Å²) in [6.07, 6.45) is 0. The highest BCUT2D eigenvalue weighted by atomic mass is 79.9. The first-order valence-electron chi connectivity index (χ1n) is 6.42. The molecule has 0 amide bonds. The minimum Gasteiger partial charge on any atom is -0.397 e. The highest BCUT2D eigenvalue weighted by Crippen LogP contribution is 2.35. The van der Waals surface area contributed by atoms with Gasteiger partial charge in [-0.3, -0.25) is 0 Å². The number of nitrogen functional groups attached to an aromatic ring is 1. The molecule has 2 N–H and O–H groups in total. The molecule has 4 nitrogen and oxygen atoms in total. The van der Waals surface area contributed by atoms with Gasteiger partial charge in [-0.1, -0.05) is 21.1 Å². The number of aromatic nitrogens is 2. The molecule has 6 heteroatoms. The van der Waals surface area contributed by atoms with Gasteiger partial charge < -0.3 is 10.3 Å². The van der Waals surface area contributed by atoms with Crippen molar-refractivity contribution < 1.29 is 4.52 Å². The molecule has 0 saturated carbocycles. The Balaban J connectivity index is 2.05. The van der Waals surface area contributed by atoms with Crippen LogP contribution in [0.25, 0.3) is 22.2 Å². The van der Waals surface area contributed by atoms with Crippen molar-refractivity contribution in [1.29, 1.82) is 0 Å². The van der Waals surface area contributed by atoms with Crippen molar-refractivity contribution in [3.63, 3.8) is 0 Å². The molecule has 2 heterocycles. The number of halogens is 1. The Morgan fingerprint density at radius 1 is 1.14 bits per heavy atom. The van der Waals surface area contributed by atoms with Crippen LogP contribution in [0.15, 0.2) is 26.5 Å². The van der Waals surface area contributed by atoms with Crippen LogP contribution in [-0.2, 0) is 0 Å². The van der Waals surface area contributed by atoms with Gasteiger partial charge >= 0.3 is 0 Å². The molecule has 108 valence electrons. The fourth-order valence-corrected chi connectivity index (χ4v) is 3.25. The second kappa shape index (κ2) is 5.27. The van der Waals surface area contributed by atoms with E-state index in [-0.39, 0.29) is 0 Å². The van der Waals surface area contributed by atoms with E-state index in [1.807, 2.05) is 38.3 Å². The Labute approximate surface area is 135 Å². The molecule has 2 aromatic heterocycles. The summed E-state index contributed by atoms with van der Waals surface area (Å²) in [5.74, 6) is 1.05. The molecular weight excluding hydrogens is 350 g/mol. The summed E-state index contributed by atoms with van der Waals surface area (Å²) in [5.41, 5.74) is 11.0. The maximum absolute atomic E-state index is 6.03. The van der Waals surface area contributed by atoms with Gasteiger partial charge in [0.25, 0.3) is 5.89 Å². The van der Waals surface area contributed by atoms with Gasteiger partial charge in [-0.15, -0.1) is 11.3 Å². The van der Waals surface area contributed by atoms with Crippen LogP contribution in [0.1, 0.15) is 16.7 Å². The maximum atomic E-state index is 6.03. The summed E-state index contributed by atoms with van der Waals surface area (Å²) >= 11 is 5.08. The number of aryl methyl sites for hydroxylation is 3. The zero-order chi connectivity index (χ0) is 15.1. The molecule has 0 atom stereocenters. The highest BCUT2D eigenvalue weighted by molar-refractivity contribution is 9.10. The molecule has 3 aromatic rings. The van der Waals surface area contributed by atoms with E-state index in [4.69, 9.17) is 10.3 Å². The zero-order valence-corrected chi connectivity index (χ0v) is 14.3. The van der Waals surface area contributed by atoms with Crippen LogP contribution in [0.2, 0.25) is 0 Å². The molecular formula is C15H14BrN3OS. The number of hydrogen-bond donors (Lipinski definition) is 1. The second-order valence-electron chi connectivity index (χ2n) is 5.01. The number of nitrogens with zero attached hydrogens (tertiary/aromatic N) is 2. The third kappa shape index (κ3) is 2.49. The molecule has 0 aliphatic carbocycles. The summed E-state index contributed by atoms with van der Waals surface area (Å²) in [5, 5.41) is 6.06. The number of rotatable bonds is 2. The van der Waals surface area contributed by atoms with Crippen molar-refractivity contribution in [3.05, 3.63) is 38.7 Å². The number of nitrogens with two attached hydrogens (primary N) is 1. The zero-order valence-electron chi connectivity index (χ0n) is 11.9. The smallest absolute Gasteiger partial charge is 0.270 e. The van der Waals surface area contributed by atoms with Crippen LogP contribution >= 0.6 is 27.3 Å². The van der Waals surface area contributed by atoms with E-state index in [2.05, 4.69) is 26.1 Å². The lowest BCUT2D eigenvalue weighted by molar-refractivity contribution is 0.433. The molecule has 0 unspecified atom stereocenters. The summed E-state index contributed by atoms with van der Waals surface area (Å²) in [6.45, 7) is 6.05. The lowest BCUT2D eigenvalue weighted by Crippen LogP contribution is -1.88. The van der Waals surface area contributed by atoms with E-state index in [1.165, 1.54) is 11.3 Å². The number of thiophene rings is 1. The van der Waals surface area contributed by atoms with Crippen molar-refractivity contribution in [3.8, 4) is 22.2 Å². The second-order valence-corrected chi connectivity index (χ2v) is 6.68. The molecule has 0 aliphatic heterocycles. The Hall–Kier alpha value is -1.66. The van der Waals surface area contributed by atoms with Crippen molar-refractivity contribution >= 4 is 33.0 Å². The molecule has 3 rings (SSSR count). The van der Waals surface area contributed by atoms with Crippen LogP contribution in [-0.4, -0.2) is 10.1 Å². The predicted molar refractivity (Wildman–Crippen MR) is 89.4 cm³/mol. The predicted octanol–water partition coefficient (Wildman–Crippen LogP) is 4.74. The Morgan fingerprint density at radius 3 is 2.38 bits per heavy atom. The standard InChI is InChI=1S/C15H14BrN3OS/c1-7-4-10(5-8(2)11(7)16)14-18-15(20-19-14)13-12(17)9(3)6-21-13/h4-6H,17H2,1-3H3. The van der Waals surface area contributed by atoms with Crippen LogP contribution < -0.4 is 5.73 Å². The average molecular weight is 364 g/mol. The van der Waals surface area contributed by atoms with E-state index in [9.17, 15) is 0 Å². The first kappa shape index (κ1) is 14.3. The van der Waals surface area contributed by atoms with Gasteiger partial charge in [0.2, 0.25) is 5.82 Å². The Kier molecular flexibility index (Phi) is 3.59. The van der Waals surface area contributed by atoms with Gasteiger partial charge in [0.1, 0.15) is 4.88 Å². The van der Waals surface area contributed by atoms with E-state index >= 15 is 0 Å². The summed E-state index contributed by atoms with van der Waals surface area (Å²) < 4.78 is 6.47. The summed E-state index contributed by atoms with van der Waals surface area (Å²) in [4.78, 5) is 5.30. The molecule has 0 radical (unpaired) electrons. The van der Waals surface area contributed by atoms with E-state index < -0.39 is 0 Å². The average Bonchev–Trinajstić information content (AvgIpc) is 3.04. The Morgan fingerprint density at radius 2 is 1.81 bits per heavy atom. The fourth-order valence-electron chi connectivity index (χ4n) is 2.13. The minimum absolute atomic E-state index is 0.471. The number of anilines is 1. The van der Waals surface area contributed by atoms with Gasteiger partial charge in [0, 0.05) is 10.0 Å². The number of hydrogen-bond acceptors (Lipinski definition) is 5. The monoisotopic (exact) mass is 363 g/mol. The molecule has 0 bridgehead atoms. The van der Waals surface area contributed by atoms with Crippen LogP contribution in [0.3, 0.4) is 0 Å². The quantitative estimate of drug-likeness (QED) is 0.714. The van der Waals surface area contributed by atoms with Gasteiger partial charge in [-0.05, 0) is 55.0 Å². The molecule has 0 aliphatic rings. The van der Waals surface area contributed by atoms with Gasteiger partial charge in [0.15, 0.2) is 0 Å². The maximum Gasteiger partial charge on any atom is 0.270 e. The molecule has 0 saturated heterocycles. The number of benzene rings is 1. The Bertz CT molecular complexity index is 799. The first-order chi connectivity index (χ1) is 9.97. The lowest BCUT2D eigenvalue weighted by Gasteiger charge is -2.04. The van der Waals surface area contributed by atoms with E-state index in [1.54, 1.807) is 0 Å². The van der Waals surface area contributed by atoms with Crippen LogP contribution in [0.4, 0.5) is 5.69 Å². The van der Waals surface area contributed by atoms with Crippen molar-refractivity contribution in [1.82, 2.24) is 10.1 Å². The molecule has 1 aromatic carbocycles. The lowest BCUT2D eigenvalue weighted by atomic mass is 10.1. The summed E-state index contributed by atoms with van der Waals surface area (Å²) in [7, 11) is 0. The summed E-state index contributed by atoms with van der Waals surface area (Å²) in [6, 6.07) is 4.07. The van der Waals surface area contributed by atoms with Crippen molar-refractivity contribution in [2.75, 3.05) is 5.73 Å². The normalized spacial score (nSPS) is 11.0. The largest absolute Gasteiger partial charge is 0.397 e. The molecule has 0 fully saturated rings. The van der Waals surface area contributed by atoms with E-state index in [0.717, 1.165) is 31.6 Å². The van der Waals surface area contributed by atoms with Crippen molar-refractivity contribution in [2.24, 2.45) is 0 Å². The van der Waals surface area contributed by atoms with Gasteiger partial charge in [-0.2, -0.15) is 4.98 Å². The van der Waals surface area contributed by atoms with Gasteiger partial charge in [-0.25, -0.2) is 0 Å². The first-order valence-corrected chi connectivity index (χ1v) is 8.09.